The number of para-hydroxylation sites is 1. The van der Waals surface area contributed by atoms with Gasteiger partial charge in [0.15, 0.2) is 0 Å². The van der Waals surface area contributed by atoms with Gasteiger partial charge in [0.2, 0.25) is 0 Å². The molecule has 2 nitrogen and oxygen atoms in total. The van der Waals surface area contributed by atoms with Crippen molar-refractivity contribution in [3.05, 3.63) is 53.1 Å². The first-order valence-corrected chi connectivity index (χ1v) is 6.74. The Kier molecular flexibility index (Phi) is 4.46. The highest BCUT2D eigenvalue weighted by molar-refractivity contribution is 6.30. The number of hydrogen-bond acceptors (Lipinski definition) is 2. The van der Waals surface area contributed by atoms with E-state index in [1.807, 2.05) is 56.3 Å². The Hall–Kier alpha value is -1.51. The predicted molar refractivity (Wildman–Crippen MR) is 80.5 cm³/mol. The lowest BCUT2D eigenvalue weighted by Crippen LogP contribution is -2.07. The Morgan fingerprint density at radius 1 is 1.11 bits per heavy atom. The minimum Gasteiger partial charge on any atom is -0.490 e. The van der Waals surface area contributed by atoms with Crippen molar-refractivity contribution >= 4 is 11.6 Å². The molecule has 19 heavy (non-hydrogen) atoms. The summed E-state index contributed by atoms with van der Waals surface area (Å²) in [7, 11) is 0. The van der Waals surface area contributed by atoms with Crippen LogP contribution in [0.3, 0.4) is 0 Å². The molecule has 0 saturated carbocycles. The van der Waals surface area contributed by atoms with Crippen LogP contribution in [0, 0.1) is 0 Å². The van der Waals surface area contributed by atoms with Gasteiger partial charge in [-0.1, -0.05) is 35.9 Å². The Morgan fingerprint density at radius 2 is 1.84 bits per heavy atom. The lowest BCUT2D eigenvalue weighted by atomic mass is 9.99. The number of hydrogen-bond donors (Lipinski definition) is 1. The third kappa shape index (κ3) is 3.28. The molecule has 3 heteroatoms. The van der Waals surface area contributed by atoms with E-state index in [2.05, 4.69) is 0 Å². The molecular weight excluding hydrogens is 258 g/mol. The van der Waals surface area contributed by atoms with Crippen LogP contribution in [0.2, 0.25) is 5.02 Å². The highest BCUT2D eigenvalue weighted by atomic mass is 35.5. The normalized spacial score (nSPS) is 10.8. The molecule has 0 bridgehead atoms. The van der Waals surface area contributed by atoms with E-state index < -0.39 is 0 Å². The zero-order chi connectivity index (χ0) is 13.8. The van der Waals surface area contributed by atoms with Gasteiger partial charge in [-0.3, -0.25) is 0 Å². The molecule has 0 heterocycles. The Balaban J connectivity index is 2.52. The summed E-state index contributed by atoms with van der Waals surface area (Å²) < 4.78 is 5.86. The van der Waals surface area contributed by atoms with Gasteiger partial charge < -0.3 is 10.5 Å². The van der Waals surface area contributed by atoms with E-state index in [0.717, 1.165) is 22.4 Å². The molecule has 2 aromatic rings. The van der Waals surface area contributed by atoms with E-state index in [4.69, 9.17) is 22.1 Å². The lowest BCUT2D eigenvalue weighted by Gasteiger charge is -2.16. The first-order chi connectivity index (χ1) is 9.11. The second-order valence-corrected chi connectivity index (χ2v) is 5.10. The summed E-state index contributed by atoms with van der Waals surface area (Å²) in [5.41, 5.74) is 8.95. The fraction of sp³-hybridized carbons (Fsp3) is 0.250. The van der Waals surface area contributed by atoms with Gasteiger partial charge in [0.1, 0.15) is 5.75 Å². The molecule has 2 N–H and O–H groups in total. The number of benzene rings is 2. The number of ether oxygens (including phenoxy) is 1. The van der Waals surface area contributed by atoms with Crippen LogP contribution >= 0.6 is 11.6 Å². The maximum absolute atomic E-state index is 6.02. The van der Waals surface area contributed by atoms with Crippen molar-refractivity contribution in [3.8, 4) is 16.9 Å². The highest BCUT2D eigenvalue weighted by Gasteiger charge is 2.11. The molecule has 0 fully saturated rings. The fourth-order valence-corrected chi connectivity index (χ4v) is 2.23. The van der Waals surface area contributed by atoms with Crippen molar-refractivity contribution in [1.29, 1.82) is 0 Å². The third-order valence-electron chi connectivity index (χ3n) is 2.83. The van der Waals surface area contributed by atoms with Gasteiger partial charge in [0, 0.05) is 17.1 Å². The monoisotopic (exact) mass is 275 g/mol. The molecule has 2 rings (SSSR count). The third-order valence-corrected chi connectivity index (χ3v) is 3.06. The largest absolute Gasteiger partial charge is 0.490 e. The van der Waals surface area contributed by atoms with Crippen LogP contribution in [0.25, 0.3) is 11.1 Å². The summed E-state index contributed by atoms with van der Waals surface area (Å²) in [6.45, 7) is 4.48. The van der Waals surface area contributed by atoms with Gasteiger partial charge in [0.05, 0.1) is 6.10 Å². The molecule has 0 aliphatic rings. The molecule has 2 aromatic carbocycles. The van der Waals surface area contributed by atoms with Gasteiger partial charge >= 0.3 is 0 Å². The maximum atomic E-state index is 6.02. The SMILES string of the molecule is CC(C)Oc1ccccc1-c1ccc(Cl)cc1CN. The smallest absolute Gasteiger partial charge is 0.127 e. The molecule has 0 amide bonds. The van der Waals surface area contributed by atoms with Crippen molar-refractivity contribution in [2.75, 3.05) is 0 Å². The molecule has 0 saturated heterocycles. The molecule has 0 aliphatic carbocycles. The molecule has 0 radical (unpaired) electrons. The standard InChI is InChI=1S/C16H18ClNO/c1-11(2)19-16-6-4-3-5-15(16)14-8-7-13(17)9-12(14)10-18/h3-9,11H,10,18H2,1-2H3. The summed E-state index contributed by atoms with van der Waals surface area (Å²) >= 11 is 6.02. The maximum Gasteiger partial charge on any atom is 0.127 e. The second-order valence-electron chi connectivity index (χ2n) is 4.67. The van der Waals surface area contributed by atoms with Crippen molar-refractivity contribution < 1.29 is 4.74 Å². The van der Waals surface area contributed by atoms with E-state index in [-0.39, 0.29) is 6.10 Å². The first kappa shape index (κ1) is 13.9. The van der Waals surface area contributed by atoms with Crippen LogP contribution in [0.4, 0.5) is 0 Å². The van der Waals surface area contributed by atoms with Crippen LogP contribution in [0.15, 0.2) is 42.5 Å². The first-order valence-electron chi connectivity index (χ1n) is 6.36. The van der Waals surface area contributed by atoms with Crippen LogP contribution in [-0.4, -0.2) is 6.10 Å². The topological polar surface area (TPSA) is 35.2 Å². The summed E-state index contributed by atoms with van der Waals surface area (Å²) in [6, 6.07) is 13.8. The molecule has 0 aliphatic heterocycles. The van der Waals surface area contributed by atoms with Crippen LogP contribution in [0.5, 0.6) is 5.75 Å². The summed E-state index contributed by atoms with van der Waals surface area (Å²) in [6.07, 6.45) is 0.134. The number of halogens is 1. The molecule has 100 valence electrons. The fourth-order valence-electron chi connectivity index (χ4n) is 2.04. The molecule has 0 unspecified atom stereocenters. The van der Waals surface area contributed by atoms with Gasteiger partial charge in [-0.25, -0.2) is 0 Å². The summed E-state index contributed by atoms with van der Waals surface area (Å²) in [5, 5.41) is 0.700. The molecular formula is C16H18ClNO. The van der Waals surface area contributed by atoms with Crippen molar-refractivity contribution in [3.63, 3.8) is 0 Å². The minimum absolute atomic E-state index is 0.134. The van der Waals surface area contributed by atoms with Gasteiger partial charge in [-0.2, -0.15) is 0 Å². The minimum atomic E-state index is 0.134. The average Bonchev–Trinajstić information content (AvgIpc) is 2.39. The Morgan fingerprint density at radius 3 is 2.53 bits per heavy atom. The molecule has 0 atom stereocenters. The Bertz CT molecular complexity index is 566. The molecule has 0 aromatic heterocycles. The van der Waals surface area contributed by atoms with Gasteiger partial charge in [-0.05, 0) is 43.2 Å². The van der Waals surface area contributed by atoms with E-state index in [0.29, 0.717) is 11.6 Å². The van der Waals surface area contributed by atoms with Crippen molar-refractivity contribution in [2.45, 2.75) is 26.5 Å². The van der Waals surface area contributed by atoms with Gasteiger partial charge in [-0.15, -0.1) is 0 Å². The van der Waals surface area contributed by atoms with Crippen LogP contribution < -0.4 is 10.5 Å². The highest BCUT2D eigenvalue weighted by Crippen LogP contribution is 2.34. The molecule has 0 spiro atoms. The van der Waals surface area contributed by atoms with E-state index >= 15 is 0 Å². The zero-order valence-corrected chi connectivity index (χ0v) is 11.9. The predicted octanol–water partition coefficient (Wildman–Crippen LogP) is 4.25. The van der Waals surface area contributed by atoms with Crippen molar-refractivity contribution in [1.82, 2.24) is 0 Å². The summed E-state index contributed by atoms with van der Waals surface area (Å²) in [4.78, 5) is 0. The van der Waals surface area contributed by atoms with Crippen LogP contribution in [-0.2, 0) is 6.54 Å². The van der Waals surface area contributed by atoms with E-state index in [1.54, 1.807) is 0 Å². The number of nitrogens with two attached hydrogens (primary N) is 1. The van der Waals surface area contributed by atoms with Crippen LogP contribution in [0.1, 0.15) is 19.4 Å². The second kappa shape index (κ2) is 6.09. The summed E-state index contributed by atoms with van der Waals surface area (Å²) in [5.74, 6) is 0.870. The number of rotatable bonds is 4. The van der Waals surface area contributed by atoms with E-state index in [9.17, 15) is 0 Å². The van der Waals surface area contributed by atoms with Gasteiger partial charge in [0.25, 0.3) is 0 Å². The quantitative estimate of drug-likeness (QED) is 0.905. The van der Waals surface area contributed by atoms with E-state index in [1.165, 1.54) is 0 Å². The van der Waals surface area contributed by atoms with Crippen molar-refractivity contribution in [2.24, 2.45) is 5.73 Å². The Labute approximate surface area is 119 Å². The lowest BCUT2D eigenvalue weighted by molar-refractivity contribution is 0.243. The average molecular weight is 276 g/mol. The zero-order valence-electron chi connectivity index (χ0n) is 11.2.